The zero-order valence-corrected chi connectivity index (χ0v) is 34.7. The average Bonchev–Trinajstić information content (AvgIpc) is 3.66. The van der Waals surface area contributed by atoms with E-state index in [-0.39, 0.29) is 35.7 Å². The lowest BCUT2D eigenvalue weighted by Gasteiger charge is -2.27. The Hall–Kier alpha value is -5.09. The van der Waals surface area contributed by atoms with Gasteiger partial charge in [-0.15, -0.1) is 4.37 Å². The van der Waals surface area contributed by atoms with E-state index in [9.17, 15) is 27.6 Å². The molecule has 1 fully saturated rings. The highest BCUT2D eigenvalue weighted by atomic mass is 32.2. The number of anilines is 2. The van der Waals surface area contributed by atoms with Crippen LogP contribution in [0.2, 0.25) is 0 Å². The molecule has 58 heavy (non-hydrogen) atoms. The normalized spacial score (nSPS) is 14.1. The Morgan fingerprint density at radius 1 is 1.00 bits per heavy atom. The van der Waals surface area contributed by atoms with E-state index in [4.69, 9.17) is 38.3 Å². The van der Waals surface area contributed by atoms with Gasteiger partial charge in [-0.1, -0.05) is 31.5 Å². The molecule has 4 N–H and O–H groups in total. The summed E-state index contributed by atoms with van der Waals surface area (Å²) in [7, 11) is -4.43. The van der Waals surface area contributed by atoms with E-state index in [1.807, 2.05) is 32.6 Å². The van der Waals surface area contributed by atoms with Gasteiger partial charge in [0.1, 0.15) is 23.4 Å². The number of nitrogens with one attached hydrogen (secondary N) is 2. The quantitative estimate of drug-likeness (QED) is 0.0792. The first-order valence-corrected chi connectivity index (χ1v) is 20.7. The second-order valence-corrected chi connectivity index (χ2v) is 16.0. The Bertz CT molecular complexity index is 1950. The summed E-state index contributed by atoms with van der Waals surface area (Å²) >= 11 is 0.990. The van der Waals surface area contributed by atoms with Crippen LogP contribution in [-0.2, 0) is 48.1 Å². The lowest BCUT2D eigenvalue weighted by molar-refractivity contribution is -0.173. The third-order valence-corrected chi connectivity index (χ3v) is 9.43. The predicted molar refractivity (Wildman–Crippen MR) is 211 cm³/mol. The van der Waals surface area contributed by atoms with Crippen molar-refractivity contribution >= 4 is 57.1 Å². The maximum absolute atomic E-state index is 13.1. The van der Waals surface area contributed by atoms with Crippen molar-refractivity contribution in [2.75, 3.05) is 69.4 Å². The minimum atomic E-state index is -4.43. The van der Waals surface area contributed by atoms with Crippen LogP contribution >= 0.6 is 11.7 Å². The molecule has 0 radical (unpaired) electrons. The highest BCUT2D eigenvalue weighted by Gasteiger charge is 2.28. The first-order chi connectivity index (χ1) is 27.5. The Morgan fingerprint density at radius 2 is 1.69 bits per heavy atom. The molecule has 19 nitrogen and oxygen atoms in total. The Labute approximate surface area is 341 Å². The SMILES string of the molecule is CCCCNc1cc(C(=O)OCC(=O)OC(C)C(=O)OCC(=O)O[C@@H](CNC(C)(C)C)COc2nsnc2N2CCOCC2)cc(S(N)(=O)=O)c1Oc1ccccc1. The number of sulfonamides is 1. The zero-order valence-electron chi connectivity index (χ0n) is 33.0. The number of nitrogens with zero attached hydrogens (tertiary/aromatic N) is 3. The topological polar surface area (TPSA) is 246 Å². The lowest BCUT2D eigenvalue weighted by Crippen LogP contribution is -2.44. The second kappa shape index (κ2) is 21.6. The van der Waals surface area contributed by atoms with Crippen LogP contribution < -0.4 is 30.1 Å². The number of carbonyl (C=O) groups is 4. The Kier molecular flexibility index (Phi) is 17.0. The van der Waals surface area contributed by atoms with Crippen LogP contribution in [0.15, 0.2) is 47.4 Å². The van der Waals surface area contributed by atoms with Crippen molar-refractivity contribution in [3.05, 3.63) is 48.0 Å². The molecule has 0 bridgehead atoms. The van der Waals surface area contributed by atoms with E-state index in [2.05, 4.69) is 19.4 Å². The number of primary sulfonamides is 1. The summed E-state index contributed by atoms with van der Waals surface area (Å²) in [6.07, 6.45) is -0.787. The Balaban J connectivity index is 1.31. The van der Waals surface area contributed by atoms with Gasteiger partial charge >= 0.3 is 23.9 Å². The summed E-state index contributed by atoms with van der Waals surface area (Å²) in [6, 6.07) is 10.7. The molecule has 21 heteroatoms. The molecule has 3 aromatic rings. The van der Waals surface area contributed by atoms with Crippen LogP contribution in [0.1, 0.15) is 57.8 Å². The molecule has 1 unspecified atom stereocenters. The molecule has 1 aliphatic rings. The van der Waals surface area contributed by atoms with Crippen LogP contribution in [0.5, 0.6) is 17.4 Å². The van der Waals surface area contributed by atoms with Crippen LogP contribution in [-0.4, -0.2) is 118 Å². The third kappa shape index (κ3) is 14.7. The molecule has 1 saturated heterocycles. The number of benzene rings is 2. The lowest BCUT2D eigenvalue weighted by atomic mass is 10.1. The number of morpholine rings is 1. The van der Waals surface area contributed by atoms with Crippen molar-refractivity contribution in [1.29, 1.82) is 0 Å². The number of carbonyl (C=O) groups excluding carboxylic acids is 4. The first kappa shape index (κ1) is 45.6. The van der Waals surface area contributed by atoms with Crippen LogP contribution in [0.4, 0.5) is 11.5 Å². The van der Waals surface area contributed by atoms with Gasteiger partial charge in [-0.3, -0.25) is 0 Å². The second-order valence-electron chi connectivity index (χ2n) is 14.0. The third-order valence-electron chi connectivity index (χ3n) is 8.02. The maximum atomic E-state index is 13.1. The molecule has 2 aromatic carbocycles. The number of ether oxygens (including phenoxy) is 7. The van der Waals surface area contributed by atoms with Crippen LogP contribution in [0.3, 0.4) is 0 Å². The van der Waals surface area contributed by atoms with Crippen molar-refractivity contribution in [1.82, 2.24) is 14.1 Å². The molecule has 1 aliphatic heterocycles. The van der Waals surface area contributed by atoms with E-state index >= 15 is 0 Å². The molecule has 0 aliphatic carbocycles. The fourth-order valence-electron chi connectivity index (χ4n) is 5.09. The molecule has 4 rings (SSSR count). The number of nitrogens with two attached hydrogens (primary N) is 1. The monoisotopic (exact) mass is 850 g/mol. The minimum absolute atomic E-state index is 0.0795. The highest BCUT2D eigenvalue weighted by Crippen LogP contribution is 2.37. The molecule has 2 heterocycles. The van der Waals surface area contributed by atoms with Gasteiger partial charge in [0.2, 0.25) is 15.8 Å². The summed E-state index contributed by atoms with van der Waals surface area (Å²) in [5, 5.41) is 11.8. The fraction of sp³-hybridized carbons (Fsp3) is 0.514. The molecule has 0 saturated carbocycles. The summed E-state index contributed by atoms with van der Waals surface area (Å²) in [6.45, 7) is 10.1. The van der Waals surface area contributed by atoms with Gasteiger partial charge in [0.05, 0.1) is 36.2 Å². The van der Waals surface area contributed by atoms with E-state index in [1.54, 1.807) is 30.3 Å². The smallest absolute Gasteiger partial charge is 0.347 e. The molecule has 2 atom stereocenters. The van der Waals surface area contributed by atoms with E-state index in [0.717, 1.165) is 24.2 Å². The summed E-state index contributed by atoms with van der Waals surface area (Å²) < 4.78 is 71.7. The van der Waals surface area contributed by atoms with Crippen molar-refractivity contribution in [2.24, 2.45) is 5.14 Å². The zero-order chi connectivity index (χ0) is 42.3. The number of unbranched alkanes of at least 4 members (excludes halogenated alkanes) is 1. The average molecular weight is 851 g/mol. The predicted octanol–water partition coefficient (Wildman–Crippen LogP) is 3.04. The van der Waals surface area contributed by atoms with Crippen LogP contribution in [0.25, 0.3) is 0 Å². The van der Waals surface area contributed by atoms with Crippen molar-refractivity contribution in [3.8, 4) is 17.4 Å². The first-order valence-electron chi connectivity index (χ1n) is 18.5. The van der Waals surface area contributed by atoms with Gasteiger partial charge in [0.25, 0.3) is 5.88 Å². The van der Waals surface area contributed by atoms with Gasteiger partial charge in [-0.2, -0.15) is 4.37 Å². The fourth-order valence-corrected chi connectivity index (χ4v) is 6.31. The number of rotatable bonds is 21. The standard InChI is InChI=1S/C37H50N6O13S2/c1-6-7-13-39-28-18-25(19-29(58(38,48)49)32(28)56-26-11-9-8-10-12-26)36(47)53-22-30(44)54-24(2)35(46)52-23-31(45)55-27(20-40-37(3,4)5)21-51-34-33(41-57-42-34)43-14-16-50-17-15-43/h8-12,18-19,24,27,39-40H,6-7,13-17,20-23H2,1-5H3,(H2,38,48,49)/t24?,27-/m0/s1. The van der Waals surface area contributed by atoms with E-state index < -0.39 is 64.2 Å². The number of hydrogen-bond donors (Lipinski definition) is 3. The summed E-state index contributed by atoms with van der Waals surface area (Å²) in [5.41, 5.74) is -0.437. The molecular formula is C37H50N6O13S2. The van der Waals surface area contributed by atoms with Gasteiger partial charge < -0.3 is 48.7 Å². The largest absolute Gasteiger partial charge is 0.470 e. The molecule has 1 aromatic heterocycles. The highest BCUT2D eigenvalue weighted by molar-refractivity contribution is 7.89. The van der Waals surface area contributed by atoms with Gasteiger partial charge in [0.15, 0.2) is 25.1 Å². The molecule has 318 valence electrons. The number of aromatic nitrogens is 2. The minimum Gasteiger partial charge on any atom is -0.470 e. The van der Waals surface area contributed by atoms with Crippen LogP contribution in [0, 0.1) is 0 Å². The maximum Gasteiger partial charge on any atom is 0.347 e. The molecule has 0 amide bonds. The number of hydrogen-bond acceptors (Lipinski definition) is 19. The van der Waals surface area contributed by atoms with Crippen molar-refractivity contribution in [2.45, 2.75) is 70.1 Å². The van der Waals surface area contributed by atoms with E-state index in [1.165, 1.54) is 13.0 Å². The Morgan fingerprint density at radius 3 is 2.36 bits per heavy atom. The van der Waals surface area contributed by atoms with E-state index in [0.29, 0.717) is 56.7 Å². The van der Waals surface area contributed by atoms with Crippen molar-refractivity contribution < 1.29 is 60.8 Å². The number of esters is 4. The van der Waals surface area contributed by atoms with Gasteiger partial charge in [-0.05, 0) is 58.4 Å². The van der Waals surface area contributed by atoms with Crippen molar-refractivity contribution in [3.63, 3.8) is 0 Å². The number of para-hydroxylation sites is 1. The van der Waals surface area contributed by atoms with Gasteiger partial charge in [0, 0.05) is 31.7 Å². The molecular weight excluding hydrogens is 801 g/mol. The molecule has 0 spiro atoms. The summed E-state index contributed by atoms with van der Waals surface area (Å²) in [4.78, 5) is 52.5. The summed E-state index contributed by atoms with van der Waals surface area (Å²) in [5.74, 6) is -3.14. The van der Waals surface area contributed by atoms with Gasteiger partial charge in [-0.25, -0.2) is 32.7 Å².